The molecule has 0 bridgehead atoms. The van der Waals surface area contributed by atoms with Crippen LogP contribution in [0, 0.1) is 17.7 Å². The van der Waals surface area contributed by atoms with Gasteiger partial charge in [0.05, 0.1) is 0 Å². The standard InChI is InChI=1S/C18H19FN2O/c1-20-9-15(12-5-7-14(19)8-6-12)16-10-21-17-4-2-3-13(11-22)18(16)17/h2-8,10-11,13,15,18,20-21H,9H2,1H3. The number of halogens is 1. The number of carbonyl (C=O) groups excluding carboxylic acids is 1. The Labute approximate surface area is 129 Å². The second kappa shape index (κ2) is 6.28. The van der Waals surface area contributed by atoms with Gasteiger partial charge in [-0.25, -0.2) is 4.39 Å². The Hall–Kier alpha value is -2.20. The lowest BCUT2D eigenvalue weighted by atomic mass is 9.76. The molecule has 3 unspecified atom stereocenters. The van der Waals surface area contributed by atoms with E-state index < -0.39 is 0 Å². The highest BCUT2D eigenvalue weighted by atomic mass is 19.1. The fraction of sp³-hybridized carbons (Fsp3) is 0.278. The van der Waals surface area contributed by atoms with E-state index >= 15 is 0 Å². The monoisotopic (exact) mass is 298 g/mol. The first-order chi connectivity index (χ1) is 10.7. The molecule has 3 nitrogen and oxygen atoms in total. The van der Waals surface area contributed by atoms with Gasteiger partial charge in [-0.2, -0.15) is 0 Å². The van der Waals surface area contributed by atoms with Gasteiger partial charge in [-0.1, -0.05) is 24.3 Å². The van der Waals surface area contributed by atoms with Crippen LogP contribution in [0.4, 0.5) is 4.39 Å². The Morgan fingerprint density at radius 2 is 2.14 bits per heavy atom. The molecule has 1 heterocycles. The Kier molecular flexibility index (Phi) is 4.20. The first-order valence-corrected chi connectivity index (χ1v) is 7.45. The van der Waals surface area contributed by atoms with Crippen molar-refractivity contribution in [3.05, 3.63) is 71.3 Å². The summed E-state index contributed by atoms with van der Waals surface area (Å²) in [5, 5.41) is 6.48. The molecule has 3 atom stereocenters. The molecule has 22 heavy (non-hydrogen) atoms. The molecule has 4 heteroatoms. The summed E-state index contributed by atoms with van der Waals surface area (Å²) in [6.45, 7) is 0.734. The molecule has 0 aromatic heterocycles. The SMILES string of the molecule is CNCC(C1=CNC2=CC=CC(C=O)C21)c1ccc(F)cc1. The van der Waals surface area contributed by atoms with Crippen LogP contribution in [0.2, 0.25) is 0 Å². The molecule has 1 aromatic rings. The molecule has 114 valence electrons. The van der Waals surface area contributed by atoms with E-state index in [0.717, 1.165) is 29.7 Å². The van der Waals surface area contributed by atoms with E-state index in [1.54, 1.807) is 0 Å². The number of benzene rings is 1. The molecule has 1 aliphatic carbocycles. The molecule has 0 amide bonds. The number of hydrogen-bond donors (Lipinski definition) is 2. The minimum atomic E-state index is -0.238. The van der Waals surface area contributed by atoms with Crippen molar-refractivity contribution in [3.8, 4) is 0 Å². The summed E-state index contributed by atoms with van der Waals surface area (Å²) in [6.07, 6.45) is 8.85. The Morgan fingerprint density at radius 3 is 2.82 bits per heavy atom. The summed E-state index contributed by atoms with van der Waals surface area (Å²) in [7, 11) is 1.90. The zero-order valence-electron chi connectivity index (χ0n) is 12.4. The highest BCUT2D eigenvalue weighted by Gasteiger charge is 2.36. The number of nitrogens with one attached hydrogen (secondary N) is 2. The molecule has 0 spiro atoms. The summed E-state index contributed by atoms with van der Waals surface area (Å²) in [5.74, 6) is -0.243. The van der Waals surface area contributed by atoms with Crippen molar-refractivity contribution < 1.29 is 9.18 Å². The number of fused-ring (bicyclic) bond motifs is 1. The highest BCUT2D eigenvalue weighted by Crippen LogP contribution is 2.41. The maximum absolute atomic E-state index is 13.2. The van der Waals surface area contributed by atoms with Gasteiger partial charge in [0.1, 0.15) is 12.1 Å². The zero-order chi connectivity index (χ0) is 15.5. The first kappa shape index (κ1) is 14.7. The number of allylic oxidation sites excluding steroid dienone is 4. The van der Waals surface area contributed by atoms with Crippen LogP contribution in [0.15, 0.2) is 60.0 Å². The van der Waals surface area contributed by atoms with Gasteiger partial charge < -0.3 is 15.4 Å². The quantitative estimate of drug-likeness (QED) is 0.821. The lowest BCUT2D eigenvalue weighted by Gasteiger charge is -2.28. The lowest BCUT2D eigenvalue weighted by Crippen LogP contribution is -2.27. The van der Waals surface area contributed by atoms with E-state index in [1.807, 2.05) is 43.6 Å². The summed E-state index contributed by atoms with van der Waals surface area (Å²) in [4.78, 5) is 11.4. The van der Waals surface area contributed by atoms with Crippen LogP contribution in [-0.2, 0) is 4.79 Å². The second-order valence-corrected chi connectivity index (χ2v) is 5.65. The van der Waals surface area contributed by atoms with Crippen molar-refractivity contribution in [2.45, 2.75) is 5.92 Å². The molecule has 1 aliphatic heterocycles. The fourth-order valence-electron chi connectivity index (χ4n) is 3.27. The van der Waals surface area contributed by atoms with Gasteiger partial charge in [0.2, 0.25) is 0 Å². The third-order valence-electron chi connectivity index (χ3n) is 4.33. The summed E-state index contributed by atoms with van der Waals surface area (Å²) in [6, 6.07) is 6.59. The molecule has 0 saturated heterocycles. The highest BCUT2D eigenvalue weighted by molar-refractivity contribution is 5.62. The van der Waals surface area contributed by atoms with Crippen molar-refractivity contribution in [1.82, 2.24) is 10.6 Å². The average Bonchev–Trinajstić information content (AvgIpc) is 2.97. The number of aldehydes is 1. The van der Waals surface area contributed by atoms with Crippen LogP contribution < -0.4 is 10.6 Å². The van der Waals surface area contributed by atoms with E-state index in [9.17, 15) is 9.18 Å². The van der Waals surface area contributed by atoms with Gasteiger partial charge in [-0.3, -0.25) is 0 Å². The van der Waals surface area contributed by atoms with Crippen LogP contribution in [0.25, 0.3) is 0 Å². The number of hydrogen-bond acceptors (Lipinski definition) is 3. The van der Waals surface area contributed by atoms with Crippen molar-refractivity contribution >= 4 is 6.29 Å². The zero-order valence-corrected chi connectivity index (χ0v) is 12.4. The molecule has 2 N–H and O–H groups in total. The van der Waals surface area contributed by atoms with E-state index in [-0.39, 0.29) is 23.6 Å². The molecule has 2 aliphatic rings. The van der Waals surface area contributed by atoms with E-state index in [0.29, 0.717) is 0 Å². The summed E-state index contributed by atoms with van der Waals surface area (Å²) < 4.78 is 13.2. The maximum atomic E-state index is 13.2. The van der Waals surface area contributed by atoms with Gasteiger partial charge in [-0.05, 0) is 36.4 Å². The number of likely N-dealkylation sites (N-methyl/N-ethyl adjacent to an activating group) is 1. The van der Waals surface area contributed by atoms with Gasteiger partial charge in [0.15, 0.2) is 0 Å². The summed E-state index contributed by atoms with van der Waals surface area (Å²) >= 11 is 0. The number of rotatable bonds is 5. The smallest absolute Gasteiger partial charge is 0.127 e. The molecule has 0 saturated carbocycles. The van der Waals surface area contributed by atoms with Crippen LogP contribution >= 0.6 is 0 Å². The predicted octanol–water partition coefficient (Wildman–Crippen LogP) is 2.50. The summed E-state index contributed by atoms with van der Waals surface area (Å²) in [5.41, 5.74) is 3.26. The Morgan fingerprint density at radius 1 is 1.36 bits per heavy atom. The molecule has 3 rings (SSSR count). The normalized spacial score (nSPS) is 24.1. The molecule has 0 fully saturated rings. The van der Waals surface area contributed by atoms with Gasteiger partial charge in [0, 0.05) is 36.2 Å². The van der Waals surface area contributed by atoms with Crippen LogP contribution in [0.5, 0.6) is 0 Å². The molecular formula is C18H19FN2O. The minimum Gasteiger partial charge on any atom is -0.364 e. The van der Waals surface area contributed by atoms with Crippen LogP contribution in [0.1, 0.15) is 11.5 Å². The fourth-order valence-corrected chi connectivity index (χ4v) is 3.27. The van der Waals surface area contributed by atoms with Crippen molar-refractivity contribution in [2.75, 3.05) is 13.6 Å². The van der Waals surface area contributed by atoms with Gasteiger partial charge in [-0.15, -0.1) is 0 Å². The van der Waals surface area contributed by atoms with E-state index in [4.69, 9.17) is 0 Å². The minimum absolute atomic E-state index is 0.0471. The molecular weight excluding hydrogens is 279 g/mol. The Balaban J connectivity index is 1.95. The Bertz CT molecular complexity index is 646. The molecule has 1 aromatic carbocycles. The lowest BCUT2D eigenvalue weighted by molar-refractivity contribution is -0.110. The number of carbonyl (C=O) groups is 1. The van der Waals surface area contributed by atoms with Crippen molar-refractivity contribution in [3.63, 3.8) is 0 Å². The van der Waals surface area contributed by atoms with Crippen LogP contribution in [0.3, 0.4) is 0 Å². The third kappa shape index (κ3) is 2.62. The van der Waals surface area contributed by atoms with Gasteiger partial charge in [0.25, 0.3) is 0 Å². The largest absolute Gasteiger partial charge is 0.364 e. The molecule has 0 radical (unpaired) electrons. The van der Waals surface area contributed by atoms with E-state index in [2.05, 4.69) is 10.6 Å². The van der Waals surface area contributed by atoms with E-state index in [1.165, 1.54) is 12.1 Å². The predicted molar refractivity (Wildman–Crippen MR) is 84.6 cm³/mol. The van der Waals surface area contributed by atoms with Gasteiger partial charge >= 0.3 is 0 Å². The topological polar surface area (TPSA) is 41.1 Å². The second-order valence-electron chi connectivity index (χ2n) is 5.65. The van der Waals surface area contributed by atoms with Crippen molar-refractivity contribution in [2.24, 2.45) is 11.8 Å². The maximum Gasteiger partial charge on any atom is 0.127 e. The third-order valence-corrected chi connectivity index (χ3v) is 4.33. The van der Waals surface area contributed by atoms with Crippen molar-refractivity contribution in [1.29, 1.82) is 0 Å². The first-order valence-electron chi connectivity index (χ1n) is 7.45. The van der Waals surface area contributed by atoms with Crippen LogP contribution in [-0.4, -0.2) is 19.9 Å². The average molecular weight is 298 g/mol.